The quantitative estimate of drug-likeness (QED) is 0.768. The van der Waals surface area contributed by atoms with Crippen molar-refractivity contribution < 1.29 is 14.3 Å². The second-order valence-electron chi connectivity index (χ2n) is 5.57. The van der Waals surface area contributed by atoms with Crippen LogP contribution in [0.3, 0.4) is 0 Å². The minimum absolute atomic E-state index is 0.0869. The van der Waals surface area contributed by atoms with Crippen LogP contribution in [0.4, 0.5) is 0 Å². The highest BCUT2D eigenvalue weighted by Crippen LogP contribution is 2.36. The van der Waals surface area contributed by atoms with Crippen molar-refractivity contribution in [2.45, 2.75) is 43.7 Å². The number of hydrogen-bond donors (Lipinski definition) is 1. The lowest BCUT2D eigenvalue weighted by molar-refractivity contribution is -0.161. The maximum Gasteiger partial charge on any atom is 0.326 e. The molecule has 0 bridgehead atoms. The van der Waals surface area contributed by atoms with E-state index < -0.39 is 5.54 Å². The van der Waals surface area contributed by atoms with E-state index in [1.54, 1.807) is 7.11 Å². The van der Waals surface area contributed by atoms with Crippen LogP contribution in [0, 0.1) is 0 Å². The van der Waals surface area contributed by atoms with Gasteiger partial charge in [-0.1, -0.05) is 0 Å². The number of nitrogens with zero attached hydrogens (tertiary/aromatic N) is 1. The average Bonchev–Trinajstić information content (AvgIpc) is 2.75. The summed E-state index contributed by atoms with van der Waals surface area (Å²) in [4.78, 5) is 14.7. The fraction of sp³-hybridized carbons (Fsp3) is 0.929. The molecule has 0 amide bonds. The number of nitrogens with one attached hydrogen (secondary N) is 1. The third kappa shape index (κ3) is 3.09. The maximum atomic E-state index is 12.4. The SMILES string of the molecule is COC(=O)C1(N2CCCNCC2)CCCC(OC)C1. The van der Waals surface area contributed by atoms with Crippen molar-refractivity contribution in [3.63, 3.8) is 0 Å². The third-order valence-electron chi connectivity index (χ3n) is 4.53. The first kappa shape index (κ1) is 14.8. The van der Waals surface area contributed by atoms with Crippen molar-refractivity contribution in [2.24, 2.45) is 0 Å². The zero-order valence-electron chi connectivity index (χ0n) is 12.1. The van der Waals surface area contributed by atoms with Gasteiger partial charge in [0.2, 0.25) is 0 Å². The summed E-state index contributed by atoms with van der Waals surface area (Å²) in [6.45, 7) is 3.84. The average molecular weight is 270 g/mol. The molecule has 0 radical (unpaired) electrons. The molecule has 5 nitrogen and oxygen atoms in total. The van der Waals surface area contributed by atoms with E-state index in [-0.39, 0.29) is 12.1 Å². The fourth-order valence-electron chi connectivity index (χ4n) is 3.47. The Morgan fingerprint density at radius 3 is 2.84 bits per heavy atom. The van der Waals surface area contributed by atoms with E-state index in [9.17, 15) is 4.79 Å². The van der Waals surface area contributed by atoms with Gasteiger partial charge in [-0.25, -0.2) is 0 Å². The van der Waals surface area contributed by atoms with Crippen LogP contribution in [0.2, 0.25) is 0 Å². The molecule has 110 valence electrons. The third-order valence-corrected chi connectivity index (χ3v) is 4.53. The molecule has 1 saturated carbocycles. The van der Waals surface area contributed by atoms with Crippen molar-refractivity contribution in [1.29, 1.82) is 0 Å². The normalized spacial score (nSPS) is 33.7. The summed E-state index contributed by atoms with van der Waals surface area (Å²) in [6, 6.07) is 0. The van der Waals surface area contributed by atoms with Crippen LogP contribution in [-0.4, -0.2) is 62.9 Å². The van der Waals surface area contributed by atoms with E-state index in [1.807, 2.05) is 0 Å². The van der Waals surface area contributed by atoms with E-state index in [4.69, 9.17) is 9.47 Å². The molecule has 19 heavy (non-hydrogen) atoms. The lowest BCUT2D eigenvalue weighted by Gasteiger charge is -2.45. The standard InChI is InChI=1S/C14H26N2O3/c1-18-12-5-3-6-14(11-12,13(17)19-2)16-9-4-7-15-8-10-16/h12,15H,3-11H2,1-2H3. The molecule has 1 saturated heterocycles. The minimum atomic E-state index is -0.473. The molecule has 1 aliphatic heterocycles. The second-order valence-corrected chi connectivity index (χ2v) is 5.57. The van der Waals surface area contributed by atoms with Gasteiger partial charge in [0.15, 0.2) is 0 Å². The first-order valence-electron chi connectivity index (χ1n) is 7.30. The van der Waals surface area contributed by atoms with Gasteiger partial charge in [0, 0.05) is 33.2 Å². The van der Waals surface area contributed by atoms with Gasteiger partial charge in [-0.05, 0) is 32.2 Å². The van der Waals surface area contributed by atoms with Crippen molar-refractivity contribution >= 4 is 5.97 Å². The summed E-state index contributed by atoms with van der Waals surface area (Å²) in [5.74, 6) is -0.0869. The van der Waals surface area contributed by atoms with E-state index in [2.05, 4.69) is 10.2 Å². The molecule has 2 atom stereocenters. The van der Waals surface area contributed by atoms with Gasteiger partial charge in [-0.2, -0.15) is 0 Å². The van der Waals surface area contributed by atoms with Gasteiger partial charge >= 0.3 is 5.97 Å². The molecule has 0 aromatic heterocycles. The largest absolute Gasteiger partial charge is 0.468 e. The van der Waals surface area contributed by atoms with E-state index in [0.717, 1.165) is 58.3 Å². The highest BCUT2D eigenvalue weighted by Gasteiger charge is 2.48. The molecule has 5 heteroatoms. The Labute approximate surface area is 115 Å². The highest BCUT2D eigenvalue weighted by atomic mass is 16.5. The number of esters is 1. The number of carbonyl (C=O) groups excluding carboxylic acids is 1. The summed E-state index contributed by atoms with van der Waals surface area (Å²) in [5.41, 5.74) is -0.473. The van der Waals surface area contributed by atoms with Gasteiger partial charge < -0.3 is 14.8 Å². The minimum Gasteiger partial charge on any atom is -0.468 e. The monoisotopic (exact) mass is 270 g/mol. The van der Waals surface area contributed by atoms with Crippen LogP contribution in [0.15, 0.2) is 0 Å². The Morgan fingerprint density at radius 1 is 1.26 bits per heavy atom. The van der Waals surface area contributed by atoms with Gasteiger partial charge in [-0.15, -0.1) is 0 Å². The van der Waals surface area contributed by atoms with E-state index in [1.165, 1.54) is 7.11 Å². The molecular weight excluding hydrogens is 244 g/mol. The van der Waals surface area contributed by atoms with Crippen LogP contribution >= 0.6 is 0 Å². The number of hydrogen-bond acceptors (Lipinski definition) is 5. The maximum absolute atomic E-state index is 12.4. The first-order valence-corrected chi connectivity index (χ1v) is 7.30. The van der Waals surface area contributed by atoms with Crippen LogP contribution in [-0.2, 0) is 14.3 Å². The van der Waals surface area contributed by atoms with Gasteiger partial charge in [0.05, 0.1) is 13.2 Å². The van der Waals surface area contributed by atoms with Crippen LogP contribution in [0.5, 0.6) is 0 Å². The summed E-state index contributed by atoms with van der Waals surface area (Å²) in [6.07, 6.45) is 4.97. The van der Waals surface area contributed by atoms with E-state index >= 15 is 0 Å². The molecule has 1 N–H and O–H groups in total. The predicted molar refractivity (Wildman–Crippen MR) is 73.1 cm³/mol. The van der Waals surface area contributed by atoms with Gasteiger partial charge in [0.25, 0.3) is 0 Å². The number of ether oxygens (including phenoxy) is 2. The molecule has 2 aliphatic rings. The molecule has 2 fully saturated rings. The van der Waals surface area contributed by atoms with Crippen molar-refractivity contribution in [3.8, 4) is 0 Å². The molecular formula is C14H26N2O3. The Balaban J connectivity index is 2.19. The summed E-state index contributed by atoms with van der Waals surface area (Å²) in [7, 11) is 3.23. The van der Waals surface area contributed by atoms with E-state index in [0.29, 0.717) is 0 Å². The van der Waals surface area contributed by atoms with Crippen LogP contribution in [0.1, 0.15) is 32.1 Å². The molecule has 1 aliphatic carbocycles. The zero-order chi connectivity index (χ0) is 13.7. The van der Waals surface area contributed by atoms with Gasteiger partial charge in [-0.3, -0.25) is 9.69 Å². The molecule has 1 heterocycles. The Kier molecular flexibility index (Phi) is 5.19. The first-order chi connectivity index (χ1) is 9.23. The van der Waals surface area contributed by atoms with Crippen molar-refractivity contribution in [3.05, 3.63) is 0 Å². The fourth-order valence-corrected chi connectivity index (χ4v) is 3.47. The second kappa shape index (κ2) is 6.68. The lowest BCUT2D eigenvalue weighted by atomic mass is 9.78. The predicted octanol–water partition coefficient (Wildman–Crippen LogP) is 0.783. The molecule has 0 aromatic rings. The Bertz CT molecular complexity index is 303. The number of methoxy groups -OCH3 is 2. The van der Waals surface area contributed by atoms with Crippen LogP contribution < -0.4 is 5.32 Å². The topological polar surface area (TPSA) is 50.8 Å². The number of rotatable bonds is 3. The summed E-state index contributed by atoms with van der Waals surface area (Å²) in [5, 5.41) is 3.39. The Hall–Kier alpha value is -0.650. The summed E-state index contributed by atoms with van der Waals surface area (Å²) < 4.78 is 10.6. The summed E-state index contributed by atoms with van der Waals surface area (Å²) >= 11 is 0. The molecule has 2 unspecified atom stereocenters. The lowest BCUT2D eigenvalue weighted by Crippen LogP contribution is -2.59. The van der Waals surface area contributed by atoms with Gasteiger partial charge in [0.1, 0.15) is 5.54 Å². The van der Waals surface area contributed by atoms with Crippen molar-refractivity contribution in [1.82, 2.24) is 10.2 Å². The van der Waals surface area contributed by atoms with Crippen molar-refractivity contribution in [2.75, 3.05) is 40.4 Å². The number of carbonyl (C=O) groups is 1. The molecule has 2 rings (SSSR count). The smallest absolute Gasteiger partial charge is 0.326 e. The van der Waals surface area contributed by atoms with Crippen LogP contribution in [0.25, 0.3) is 0 Å². The molecule has 0 spiro atoms. The Morgan fingerprint density at radius 2 is 2.11 bits per heavy atom. The highest BCUT2D eigenvalue weighted by molar-refractivity contribution is 5.81. The molecule has 0 aromatic carbocycles. The zero-order valence-corrected chi connectivity index (χ0v) is 12.1.